The molecule has 1 atom stereocenters. The highest BCUT2D eigenvalue weighted by molar-refractivity contribution is 5.34. The van der Waals surface area contributed by atoms with E-state index in [1.54, 1.807) is 24.5 Å². The molecular formula is C13H12F2N2O. The zero-order valence-corrected chi connectivity index (χ0v) is 9.48. The minimum Gasteiger partial charge on any atom is -0.503 e. The predicted octanol–water partition coefficient (Wildman–Crippen LogP) is 2.31. The van der Waals surface area contributed by atoms with Crippen molar-refractivity contribution >= 4 is 0 Å². The van der Waals surface area contributed by atoms with Gasteiger partial charge in [-0.15, -0.1) is 0 Å². The van der Waals surface area contributed by atoms with Gasteiger partial charge in [0.05, 0.1) is 0 Å². The molecule has 0 saturated heterocycles. The van der Waals surface area contributed by atoms with Gasteiger partial charge in [0.25, 0.3) is 0 Å². The van der Waals surface area contributed by atoms with Gasteiger partial charge in [-0.25, -0.2) is 8.78 Å². The van der Waals surface area contributed by atoms with Crippen LogP contribution in [0.15, 0.2) is 36.7 Å². The molecule has 0 amide bonds. The number of nitrogens with zero attached hydrogens (tertiary/aromatic N) is 1. The third kappa shape index (κ3) is 2.46. The summed E-state index contributed by atoms with van der Waals surface area (Å²) in [5.41, 5.74) is 6.83. The molecule has 0 bridgehead atoms. The summed E-state index contributed by atoms with van der Waals surface area (Å²) in [4.78, 5) is 3.86. The zero-order valence-electron chi connectivity index (χ0n) is 9.48. The Morgan fingerprint density at radius 3 is 2.50 bits per heavy atom. The van der Waals surface area contributed by atoms with E-state index in [1.807, 2.05) is 0 Å². The molecule has 1 aromatic carbocycles. The molecule has 2 aromatic rings. The summed E-state index contributed by atoms with van der Waals surface area (Å²) >= 11 is 0. The smallest absolute Gasteiger partial charge is 0.188 e. The van der Waals surface area contributed by atoms with E-state index in [-0.39, 0.29) is 5.56 Å². The van der Waals surface area contributed by atoms with E-state index in [2.05, 4.69) is 4.98 Å². The Balaban J connectivity index is 2.24. The highest BCUT2D eigenvalue weighted by Crippen LogP contribution is 2.27. The number of pyridine rings is 1. The van der Waals surface area contributed by atoms with E-state index in [0.29, 0.717) is 6.42 Å². The molecule has 5 heteroatoms. The minimum absolute atomic E-state index is 0.0886. The molecule has 2 rings (SSSR count). The van der Waals surface area contributed by atoms with Crippen LogP contribution in [0, 0.1) is 11.6 Å². The van der Waals surface area contributed by atoms with Gasteiger partial charge < -0.3 is 10.8 Å². The molecule has 0 fully saturated rings. The van der Waals surface area contributed by atoms with Gasteiger partial charge in [0, 0.05) is 24.0 Å². The predicted molar refractivity (Wildman–Crippen MR) is 62.9 cm³/mol. The van der Waals surface area contributed by atoms with Crippen LogP contribution in [-0.4, -0.2) is 10.1 Å². The lowest BCUT2D eigenvalue weighted by atomic mass is 9.99. The van der Waals surface area contributed by atoms with Gasteiger partial charge >= 0.3 is 0 Å². The second-order valence-corrected chi connectivity index (χ2v) is 3.97. The van der Waals surface area contributed by atoms with Crippen molar-refractivity contribution in [2.24, 2.45) is 5.73 Å². The summed E-state index contributed by atoms with van der Waals surface area (Å²) in [6, 6.07) is 5.12. The number of hydrogen-bond acceptors (Lipinski definition) is 3. The van der Waals surface area contributed by atoms with E-state index >= 15 is 0 Å². The van der Waals surface area contributed by atoms with Crippen molar-refractivity contribution < 1.29 is 13.9 Å². The number of aromatic hydroxyl groups is 1. The van der Waals surface area contributed by atoms with Gasteiger partial charge in [0.1, 0.15) is 0 Å². The molecule has 0 spiro atoms. The van der Waals surface area contributed by atoms with E-state index in [0.717, 1.165) is 11.6 Å². The lowest BCUT2D eigenvalue weighted by Gasteiger charge is -2.13. The molecule has 94 valence electrons. The van der Waals surface area contributed by atoms with E-state index in [9.17, 15) is 13.9 Å². The van der Waals surface area contributed by atoms with Crippen molar-refractivity contribution in [2.45, 2.75) is 12.5 Å². The first-order chi connectivity index (χ1) is 8.59. The molecule has 0 aliphatic rings. The lowest BCUT2D eigenvalue weighted by molar-refractivity contribution is 0.390. The topological polar surface area (TPSA) is 59.1 Å². The first-order valence-electron chi connectivity index (χ1n) is 5.41. The summed E-state index contributed by atoms with van der Waals surface area (Å²) in [6.45, 7) is 0. The number of benzene rings is 1. The van der Waals surface area contributed by atoms with Crippen LogP contribution in [0.5, 0.6) is 5.75 Å². The molecular weight excluding hydrogens is 238 g/mol. The van der Waals surface area contributed by atoms with Crippen molar-refractivity contribution in [3.8, 4) is 5.75 Å². The molecule has 1 heterocycles. The van der Waals surface area contributed by atoms with Gasteiger partial charge in [-0.3, -0.25) is 4.98 Å². The van der Waals surface area contributed by atoms with Crippen LogP contribution in [0.1, 0.15) is 17.2 Å². The van der Waals surface area contributed by atoms with Crippen LogP contribution in [-0.2, 0) is 6.42 Å². The second kappa shape index (κ2) is 5.10. The Labute approximate surface area is 103 Å². The maximum absolute atomic E-state index is 13.6. The summed E-state index contributed by atoms with van der Waals surface area (Å²) < 4.78 is 26.5. The molecule has 0 radical (unpaired) electrons. The number of phenolic OH excluding ortho intramolecular Hbond substituents is 1. The molecule has 3 nitrogen and oxygen atoms in total. The quantitative estimate of drug-likeness (QED) is 0.878. The fourth-order valence-electron chi connectivity index (χ4n) is 1.73. The first-order valence-corrected chi connectivity index (χ1v) is 5.41. The standard InChI is InChI=1S/C13H12F2N2O/c14-10-2-1-9(12(15)13(10)18)11(16)7-8-3-5-17-6-4-8/h1-6,11,18H,7,16H2. The molecule has 1 aromatic heterocycles. The molecule has 18 heavy (non-hydrogen) atoms. The van der Waals surface area contributed by atoms with Gasteiger partial charge in [-0.05, 0) is 30.2 Å². The minimum atomic E-state index is -1.00. The second-order valence-electron chi connectivity index (χ2n) is 3.97. The average molecular weight is 250 g/mol. The fraction of sp³-hybridized carbons (Fsp3) is 0.154. The van der Waals surface area contributed by atoms with Crippen molar-refractivity contribution in [3.05, 3.63) is 59.4 Å². The van der Waals surface area contributed by atoms with Crippen LogP contribution in [0.3, 0.4) is 0 Å². The Morgan fingerprint density at radius 2 is 1.83 bits per heavy atom. The number of rotatable bonds is 3. The maximum Gasteiger partial charge on any atom is 0.188 e. The summed E-state index contributed by atoms with van der Waals surface area (Å²) in [6.07, 6.45) is 3.60. The summed E-state index contributed by atoms with van der Waals surface area (Å²) in [5, 5.41) is 9.19. The van der Waals surface area contributed by atoms with Gasteiger partial charge in [0.2, 0.25) is 0 Å². The van der Waals surface area contributed by atoms with E-state index in [1.165, 1.54) is 6.07 Å². The van der Waals surface area contributed by atoms with Crippen molar-refractivity contribution in [1.29, 1.82) is 0 Å². The first kappa shape index (κ1) is 12.4. The van der Waals surface area contributed by atoms with Gasteiger partial charge in [-0.2, -0.15) is 0 Å². The van der Waals surface area contributed by atoms with Crippen molar-refractivity contribution in [3.63, 3.8) is 0 Å². The zero-order chi connectivity index (χ0) is 13.1. The van der Waals surface area contributed by atoms with E-state index in [4.69, 9.17) is 5.73 Å². The summed E-state index contributed by atoms with van der Waals surface area (Å²) in [7, 11) is 0. The summed E-state index contributed by atoms with van der Waals surface area (Å²) in [5.74, 6) is -2.98. The van der Waals surface area contributed by atoms with Crippen LogP contribution in [0.25, 0.3) is 0 Å². The fourth-order valence-corrected chi connectivity index (χ4v) is 1.73. The average Bonchev–Trinajstić information content (AvgIpc) is 2.37. The Bertz CT molecular complexity index is 546. The molecule has 0 aliphatic heterocycles. The van der Waals surface area contributed by atoms with Gasteiger partial charge in [0.15, 0.2) is 17.4 Å². The number of phenols is 1. The van der Waals surface area contributed by atoms with Crippen LogP contribution < -0.4 is 5.73 Å². The molecule has 0 aliphatic carbocycles. The molecule has 0 saturated carbocycles. The highest BCUT2D eigenvalue weighted by atomic mass is 19.1. The Hall–Kier alpha value is -2.01. The van der Waals surface area contributed by atoms with E-state index < -0.39 is 23.4 Å². The van der Waals surface area contributed by atoms with Crippen molar-refractivity contribution in [2.75, 3.05) is 0 Å². The lowest BCUT2D eigenvalue weighted by Crippen LogP contribution is -2.15. The van der Waals surface area contributed by atoms with Crippen LogP contribution >= 0.6 is 0 Å². The highest BCUT2D eigenvalue weighted by Gasteiger charge is 2.17. The Morgan fingerprint density at radius 1 is 1.17 bits per heavy atom. The SMILES string of the molecule is NC(Cc1ccncc1)c1ccc(F)c(O)c1F. The van der Waals surface area contributed by atoms with Crippen LogP contribution in [0.4, 0.5) is 8.78 Å². The normalized spacial score (nSPS) is 12.4. The van der Waals surface area contributed by atoms with Gasteiger partial charge in [-0.1, -0.05) is 6.07 Å². The monoisotopic (exact) mass is 250 g/mol. The van der Waals surface area contributed by atoms with Crippen LogP contribution in [0.2, 0.25) is 0 Å². The number of aromatic nitrogens is 1. The molecule has 3 N–H and O–H groups in total. The number of hydrogen-bond donors (Lipinski definition) is 2. The number of nitrogens with two attached hydrogens (primary N) is 1. The van der Waals surface area contributed by atoms with Crippen molar-refractivity contribution in [1.82, 2.24) is 4.98 Å². The number of halogens is 2. The largest absolute Gasteiger partial charge is 0.503 e. The third-order valence-electron chi connectivity index (χ3n) is 2.70. The third-order valence-corrected chi connectivity index (χ3v) is 2.70. The maximum atomic E-state index is 13.6. The molecule has 1 unspecified atom stereocenters. The Kier molecular flexibility index (Phi) is 3.53.